The third-order valence-corrected chi connectivity index (χ3v) is 5.33. The van der Waals surface area contributed by atoms with Crippen LogP contribution in [0.3, 0.4) is 0 Å². The lowest BCUT2D eigenvalue weighted by atomic mass is 10.2. The van der Waals surface area contributed by atoms with Gasteiger partial charge in [0.1, 0.15) is 0 Å². The first kappa shape index (κ1) is 14.9. The van der Waals surface area contributed by atoms with Gasteiger partial charge >= 0.3 is 0 Å². The number of hydrogen-bond donors (Lipinski definition) is 0. The van der Waals surface area contributed by atoms with Crippen molar-refractivity contribution in [2.24, 2.45) is 0 Å². The van der Waals surface area contributed by atoms with Crippen LogP contribution < -0.4 is 4.74 Å². The standard InChI is InChI=1S/C15H13ClN2O3S/c1-10-3-5-11(6-4-10)22(19,20)18-8-7-12-13(16)9-14(21-2)17-15(12)18/h3-9H,1-2H3. The van der Waals surface area contributed by atoms with E-state index in [2.05, 4.69) is 4.98 Å². The monoisotopic (exact) mass is 336 g/mol. The van der Waals surface area contributed by atoms with Gasteiger partial charge in [-0.25, -0.2) is 12.4 Å². The van der Waals surface area contributed by atoms with Crippen LogP contribution in [0.4, 0.5) is 0 Å². The molecule has 1 aromatic carbocycles. The van der Waals surface area contributed by atoms with Gasteiger partial charge in [-0.05, 0) is 25.1 Å². The summed E-state index contributed by atoms with van der Waals surface area (Å²) in [4.78, 5) is 4.39. The summed E-state index contributed by atoms with van der Waals surface area (Å²) in [5.74, 6) is 0.261. The van der Waals surface area contributed by atoms with E-state index in [1.165, 1.54) is 13.3 Å². The Kier molecular flexibility index (Phi) is 3.58. The normalized spacial score (nSPS) is 11.8. The number of fused-ring (bicyclic) bond motifs is 1. The zero-order chi connectivity index (χ0) is 15.9. The lowest BCUT2D eigenvalue weighted by Gasteiger charge is -2.08. The molecule has 7 heteroatoms. The van der Waals surface area contributed by atoms with Crippen LogP contribution in [0.5, 0.6) is 5.88 Å². The van der Waals surface area contributed by atoms with Crippen LogP contribution in [0.1, 0.15) is 5.56 Å². The Morgan fingerprint density at radius 3 is 2.50 bits per heavy atom. The zero-order valence-electron chi connectivity index (χ0n) is 11.9. The van der Waals surface area contributed by atoms with E-state index in [-0.39, 0.29) is 16.4 Å². The van der Waals surface area contributed by atoms with E-state index in [4.69, 9.17) is 16.3 Å². The van der Waals surface area contributed by atoms with Crippen molar-refractivity contribution in [3.63, 3.8) is 0 Å². The molecule has 0 aliphatic heterocycles. The van der Waals surface area contributed by atoms with E-state index in [1.807, 2.05) is 6.92 Å². The van der Waals surface area contributed by atoms with E-state index >= 15 is 0 Å². The predicted octanol–water partition coefficient (Wildman–Crippen LogP) is 3.24. The molecule has 0 aliphatic carbocycles. The van der Waals surface area contributed by atoms with Crippen LogP contribution in [0, 0.1) is 6.92 Å². The van der Waals surface area contributed by atoms with E-state index in [0.717, 1.165) is 9.54 Å². The van der Waals surface area contributed by atoms with Gasteiger partial charge in [-0.3, -0.25) is 0 Å². The van der Waals surface area contributed by atoms with E-state index < -0.39 is 10.0 Å². The number of nitrogens with zero attached hydrogens (tertiary/aromatic N) is 2. The molecule has 114 valence electrons. The minimum absolute atomic E-state index is 0.191. The molecule has 0 atom stereocenters. The first-order valence-corrected chi connectivity index (χ1v) is 8.29. The average Bonchev–Trinajstić information content (AvgIpc) is 2.92. The molecular formula is C15H13ClN2O3S. The molecule has 0 amide bonds. The van der Waals surface area contributed by atoms with Gasteiger partial charge in [0.2, 0.25) is 5.88 Å². The number of hydrogen-bond acceptors (Lipinski definition) is 4. The molecule has 0 radical (unpaired) electrons. The molecule has 0 unspecified atom stereocenters. The van der Waals surface area contributed by atoms with Gasteiger partial charge in [0.05, 0.1) is 17.0 Å². The molecule has 2 heterocycles. The quantitative estimate of drug-likeness (QED) is 0.736. The fraction of sp³-hybridized carbons (Fsp3) is 0.133. The molecule has 0 saturated heterocycles. The fourth-order valence-corrected chi connectivity index (χ4v) is 3.68. The Hall–Kier alpha value is -2.05. The van der Waals surface area contributed by atoms with Crippen molar-refractivity contribution in [1.82, 2.24) is 8.96 Å². The molecule has 2 aromatic heterocycles. The van der Waals surface area contributed by atoms with Crippen LogP contribution in [0.15, 0.2) is 47.5 Å². The molecular weight excluding hydrogens is 324 g/mol. The van der Waals surface area contributed by atoms with Crippen molar-refractivity contribution < 1.29 is 13.2 Å². The van der Waals surface area contributed by atoms with E-state index in [0.29, 0.717) is 10.4 Å². The third kappa shape index (κ3) is 2.34. The molecule has 3 rings (SSSR count). The smallest absolute Gasteiger partial charge is 0.269 e. The van der Waals surface area contributed by atoms with Gasteiger partial charge in [-0.15, -0.1) is 0 Å². The Morgan fingerprint density at radius 1 is 1.18 bits per heavy atom. The van der Waals surface area contributed by atoms with Crippen LogP contribution in [0.2, 0.25) is 5.02 Å². The number of pyridine rings is 1. The van der Waals surface area contributed by atoms with Crippen molar-refractivity contribution in [3.05, 3.63) is 53.2 Å². The topological polar surface area (TPSA) is 61.2 Å². The van der Waals surface area contributed by atoms with Crippen molar-refractivity contribution in [2.75, 3.05) is 7.11 Å². The number of ether oxygens (including phenoxy) is 1. The summed E-state index contributed by atoms with van der Waals surface area (Å²) >= 11 is 6.14. The molecule has 0 saturated carbocycles. The van der Waals surface area contributed by atoms with Gasteiger partial charge in [0.25, 0.3) is 10.0 Å². The first-order chi connectivity index (χ1) is 10.4. The highest BCUT2D eigenvalue weighted by atomic mass is 35.5. The van der Waals surface area contributed by atoms with Crippen molar-refractivity contribution in [1.29, 1.82) is 0 Å². The highest BCUT2D eigenvalue weighted by Gasteiger charge is 2.21. The van der Waals surface area contributed by atoms with Gasteiger partial charge in [-0.2, -0.15) is 4.98 Å². The lowest BCUT2D eigenvalue weighted by Crippen LogP contribution is -2.12. The minimum atomic E-state index is -3.74. The van der Waals surface area contributed by atoms with Crippen LogP contribution >= 0.6 is 11.6 Å². The van der Waals surface area contributed by atoms with Gasteiger partial charge in [0, 0.05) is 17.6 Å². The van der Waals surface area contributed by atoms with Crippen LogP contribution in [-0.4, -0.2) is 24.5 Å². The number of aryl methyl sites for hydroxylation is 1. The summed E-state index contributed by atoms with van der Waals surface area (Å²) in [6.45, 7) is 1.90. The first-order valence-electron chi connectivity index (χ1n) is 6.47. The SMILES string of the molecule is COc1cc(Cl)c2ccn(S(=O)(=O)c3ccc(C)cc3)c2n1. The summed E-state index contributed by atoms with van der Waals surface area (Å²) in [6, 6.07) is 9.80. The molecule has 0 spiro atoms. The summed E-state index contributed by atoms with van der Waals surface area (Å²) in [5, 5.41) is 0.942. The molecule has 22 heavy (non-hydrogen) atoms. The maximum Gasteiger partial charge on any atom is 0.269 e. The molecule has 3 aromatic rings. The molecule has 5 nitrogen and oxygen atoms in total. The van der Waals surface area contributed by atoms with Crippen molar-refractivity contribution in [3.8, 4) is 5.88 Å². The molecule has 0 aliphatic rings. The fourth-order valence-electron chi connectivity index (χ4n) is 2.15. The summed E-state index contributed by atoms with van der Waals surface area (Å²) < 4.78 is 31.7. The predicted molar refractivity (Wildman–Crippen MR) is 85.1 cm³/mol. The van der Waals surface area contributed by atoms with Gasteiger partial charge in [-0.1, -0.05) is 29.3 Å². The minimum Gasteiger partial charge on any atom is -0.481 e. The zero-order valence-corrected chi connectivity index (χ0v) is 13.5. The van der Waals surface area contributed by atoms with E-state index in [1.54, 1.807) is 36.4 Å². The number of halogens is 1. The maximum absolute atomic E-state index is 12.8. The van der Waals surface area contributed by atoms with Crippen molar-refractivity contribution in [2.45, 2.75) is 11.8 Å². The highest BCUT2D eigenvalue weighted by molar-refractivity contribution is 7.90. The highest BCUT2D eigenvalue weighted by Crippen LogP contribution is 2.29. The Balaban J connectivity index is 2.25. The Labute approximate surface area is 133 Å². The second-order valence-corrected chi connectivity index (χ2v) is 7.04. The summed E-state index contributed by atoms with van der Waals surface area (Å²) in [6.07, 6.45) is 1.44. The summed E-state index contributed by atoms with van der Waals surface area (Å²) in [7, 11) is -2.29. The summed E-state index contributed by atoms with van der Waals surface area (Å²) in [5.41, 5.74) is 1.23. The molecule has 0 fully saturated rings. The Bertz CT molecular complexity index is 947. The number of methoxy groups -OCH3 is 1. The largest absolute Gasteiger partial charge is 0.481 e. The van der Waals surface area contributed by atoms with Gasteiger partial charge in [0.15, 0.2) is 5.65 Å². The van der Waals surface area contributed by atoms with Crippen LogP contribution in [-0.2, 0) is 10.0 Å². The van der Waals surface area contributed by atoms with Crippen molar-refractivity contribution >= 4 is 32.7 Å². The third-order valence-electron chi connectivity index (χ3n) is 3.34. The maximum atomic E-state index is 12.8. The van der Waals surface area contributed by atoms with E-state index in [9.17, 15) is 8.42 Å². The number of benzene rings is 1. The molecule has 0 bridgehead atoms. The second-order valence-electron chi connectivity index (χ2n) is 4.81. The van der Waals surface area contributed by atoms with Gasteiger partial charge < -0.3 is 4.74 Å². The number of rotatable bonds is 3. The van der Waals surface area contributed by atoms with Crippen LogP contribution in [0.25, 0.3) is 11.0 Å². The Morgan fingerprint density at radius 2 is 1.86 bits per heavy atom. The number of aromatic nitrogens is 2. The lowest BCUT2D eigenvalue weighted by molar-refractivity contribution is 0.399. The molecule has 0 N–H and O–H groups in total. The second kappa shape index (κ2) is 5.30. The average molecular weight is 337 g/mol.